The fraction of sp³-hybridized carbons (Fsp3) is 0.857. The molecule has 2 saturated heterocycles. The topological polar surface area (TPSA) is 75.2 Å². The number of hydrogen-bond donors (Lipinski definition) is 2. The van der Waals surface area contributed by atoms with E-state index in [9.17, 15) is 4.79 Å². The molecule has 2 fully saturated rings. The zero-order valence-electron chi connectivity index (χ0n) is 12.9. The Labute approximate surface area is 126 Å². The highest BCUT2D eigenvalue weighted by molar-refractivity contribution is 5.90. The summed E-state index contributed by atoms with van der Waals surface area (Å²) in [5.74, 6) is -0.0622. The third-order valence-corrected chi connectivity index (χ3v) is 4.05. The number of carbonyl (C=O) groups excluding carboxylic acids is 1. The van der Waals surface area contributed by atoms with E-state index in [4.69, 9.17) is 9.57 Å². The van der Waals surface area contributed by atoms with E-state index in [0.717, 1.165) is 25.3 Å². The van der Waals surface area contributed by atoms with Gasteiger partial charge < -0.3 is 25.1 Å². The molecule has 0 spiro atoms. The monoisotopic (exact) mass is 298 g/mol. The molecular formula is C14H26N4O3. The van der Waals surface area contributed by atoms with Crippen LogP contribution in [0.4, 0.5) is 0 Å². The van der Waals surface area contributed by atoms with Gasteiger partial charge in [-0.15, -0.1) is 0 Å². The molecule has 7 nitrogen and oxygen atoms in total. The van der Waals surface area contributed by atoms with E-state index in [1.165, 1.54) is 20.0 Å². The van der Waals surface area contributed by atoms with Gasteiger partial charge in [0.25, 0.3) is 5.91 Å². The maximum absolute atomic E-state index is 12.2. The van der Waals surface area contributed by atoms with Gasteiger partial charge in [0, 0.05) is 39.2 Å². The van der Waals surface area contributed by atoms with Crippen molar-refractivity contribution in [2.75, 3.05) is 46.9 Å². The van der Waals surface area contributed by atoms with Gasteiger partial charge in [-0.1, -0.05) is 5.16 Å². The highest BCUT2D eigenvalue weighted by atomic mass is 16.6. The Hall–Kier alpha value is -1.18. The molecule has 2 rings (SSSR count). The molecule has 0 aromatic heterocycles. The third-order valence-electron chi connectivity index (χ3n) is 4.05. The molecule has 2 aliphatic rings. The highest BCUT2D eigenvalue weighted by Gasteiger charge is 2.33. The first-order valence-electron chi connectivity index (χ1n) is 7.59. The van der Waals surface area contributed by atoms with Crippen molar-refractivity contribution in [3.63, 3.8) is 0 Å². The molecule has 0 radical (unpaired) electrons. The van der Waals surface area contributed by atoms with Crippen LogP contribution in [0.3, 0.4) is 0 Å². The van der Waals surface area contributed by atoms with E-state index < -0.39 is 6.10 Å². The zero-order chi connectivity index (χ0) is 15.1. The predicted octanol–water partition coefficient (Wildman–Crippen LogP) is -0.422. The summed E-state index contributed by atoms with van der Waals surface area (Å²) in [6, 6.07) is -0.0457. The molecule has 0 saturated carbocycles. The fourth-order valence-corrected chi connectivity index (χ4v) is 2.96. The van der Waals surface area contributed by atoms with Crippen molar-refractivity contribution in [1.82, 2.24) is 15.5 Å². The summed E-state index contributed by atoms with van der Waals surface area (Å²) < 4.78 is 5.36. The predicted molar refractivity (Wildman–Crippen MR) is 80.3 cm³/mol. The van der Waals surface area contributed by atoms with Gasteiger partial charge in [-0.25, -0.2) is 0 Å². The second-order valence-corrected chi connectivity index (χ2v) is 5.53. The van der Waals surface area contributed by atoms with Crippen LogP contribution < -0.4 is 10.6 Å². The molecule has 1 amide bonds. The molecule has 2 unspecified atom stereocenters. The summed E-state index contributed by atoms with van der Waals surface area (Å²) in [6.07, 6.45) is 2.71. The number of hydrogen-bond acceptors (Lipinski definition) is 6. The van der Waals surface area contributed by atoms with Crippen LogP contribution >= 0.6 is 0 Å². The van der Waals surface area contributed by atoms with Crippen molar-refractivity contribution in [2.24, 2.45) is 5.16 Å². The van der Waals surface area contributed by atoms with Gasteiger partial charge in [0.15, 0.2) is 6.10 Å². The van der Waals surface area contributed by atoms with E-state index in [-0.39, 0.29) is 11.9 Å². The normalized spacial score (nSPS) is 26.2. The Bertz CT molecular complexity index is 369. The van der Waals surface area contributed by atoms with Crippen molar-refractivity contribution in [3.8, 4) is 0 Å². The van der Waals surface area contributed by atoms with Crippen LogP contribution in [0.5, 0.6) is 0 Å². The first-order chi connectivity index (χ1) is 10.2. The van der Waals surface area contributed by atoms with Gasteiger partial charge in [-0.05, 0) is 25.9 Å². The maximum Gasteiger partial charge on any atom is 0.250 e. The third kappa shape index (κ3) is 4.66. The average Bonchev–Trinajstić information content (AvgIpc) is 3.12. The van der Waals surface area contributed by atoms with Crippen molar-refractivity contribution < 1.29 is 14.4 Å². The molecule has 0 bridgehead atoms. The van der Waals surface area contributed by atoms with Crippen molar-refractivity contribution in [1.29, 1.82) is 0 Å². The number of rotatable bonds is 7. The lowest BCUT2D eigenvalue weighted by Gasteiger charge is -2.22. The Morgan fingerprint density at radius 3 is 2.90 bits per heavy atom. The van der Waals surface area contributed by atoms with Crippen LogP contribution in [0, 0.1) is 0 Å². The largest absolute Gasteiger partial charge is 0.399 e. The highest BCUT2D eigenvalue weighted by Crippen LogP contribution is 2.11. The lowest BCUT2D eigenvalue weighted by atomic mass is 10.1. The number of amides is 1. The van der Waals surface area contributed by atoms with Crippen LogP contribution in [-0.4, -0.2) is 75.6 Å². The van der Waals surface area contributed by atoms with Gasteiger partial charge >= 0.3 is 0 Å². The van der Waals surface area contributed by atoms with Gasteiger partial charge in [0.05, 0.1) is 5.71 Å². The lowest BCUT2D eigenvalue weighted by Crippen LogP contribution is -2.48. The SMILES string of the molecule is CO/N=C1/CNC(C(OC)C(=O)NCCN2CCCC2)C1. The molecule has 2 atom stereocenters. The molecule has 2 N–H and O–H groups in total. The number of carbonyl (C=O) groups is 1. The zero-order valence-corrected chi connectivity index (χ0v) is 12.9. The molecule has 120 valence electrons. The minimum atomic E-state index is -0.492. The molecule has 0 aromatic carbocycles. The number of likely N-dealkylation sites (tertiary alicyclic amines) is 1. The second-order valence-electron chi connectivity index (χ2n) is 5.53. The summed E-state index contributed by atoms with van der Waals surface area (Å²) in [5.41, 5.74) is 0.911. The summed E-state index contributed by atoms with van der Waals surface area (Å²) in [4.78, 5) is 19.4. The van der Waals surface area contributed by atoms with Crippen LogP contribution in [0.15, 0.2) is 5.16 Å². The average molecular weight is 298 g/mol. The minimum Gasteiger partial charge on any atom is -0.399 e. The van der Waals surface area contributed by atoms with E-state index in [0.29, 0.717) is 19.5 Å². The molecule has 2 heterocycles. The Balaban J connectivity index is 1.74. The number of methoxy groups -OCH3 is 1. The number of ether oxygens (including phenoxy) is 1. The first kappa shape index (κ1) is 16.2. The summed E-state index contributed by atoms with van der Waals surface area (Å²) in [6.45, 7) is 4.51. The van der Waals surface area contributed by atoms with Crippen molar-refractivity contribution in [3.05, 3.63) is 0 Å². The van der Waals surface area contributed by atoms with Gasteiger partial charge in [-0.3, -0.25) is 4.79 Å². The fourth-order valence-electron chi connectivity index (χ4n) is 2.96. The van der Waals surface area contributed by atoms with Crippen molar-refractivity contribution in [2.45, 2.75) is 31.4 Å². The smallest absolute Gasteiger partial charge is 0.250 e. The molecule has 2 aliphatic heterocycles. The number of nitrogens with one attached hydrogen (secondary N) is 2. The van der Waals surface area contributed by atoms with Crippen LogP contribution in [0.25, 0.3) is 0 Å². The molecule has 7 heteroatoms. The van der Waals surface area contributed by atoms with E-state index >= 15 is 0 Å². The summed E-state index contributed by atoms with van der Waals surface area (Å²) in [7, 11) is 3.09. The molecular weight excluding hydrogens is 272 g/mol. The molecule has 21 heavy (non-hydrogen) atoms. The summed E-state index contributed by atoms with van der Waals surface area (Å²) >= 11 is 0. The Morgan fingerprint density at radius 1 is 1.48 bits per heavy atom. The lowest BCUT2D eigenvalue weighted by molar-refractivity contribution is -0.132. The summed E-state index contributed by atoms with van der Waals surface area (Å²) in [5, 5.41) is 10.1. The van der Waals surface area contributed by atoms with Gasteiger partial charge in [0.1, 0.15) is 7.11 Å². The second kappa shape index (κ2) is 8.31. The molecule has 0 aliphatic carbocycles. The minimum absolute atomic E-state index is 0.0457. The Kier molecular flexibility index (Phi) is 6.41. The Morgan fingerprint density at radius 2 is 2.24 bits per heavy atom. The van der Waals surface area contributed by atoms with Gasteiger partial charge in [-0.2, -0.15) is 0 Å². The van der Waals surface area contributed by atoms with E-state index in [2.05, 4.69) is 20.7 Å². The van der Waals surface area contributed by atoms with E-state index in [1.807, 2.05) is 0 Å². The van der Waals surface area contributed by atoms with Crippen LogP contribution in [-0.2, 0) is 14.4 Å². The quantitative estimate of drug-likeness (QED) is 0.624. The number of nitrogens with zero attached hydrogens (tertiary/aromatic N) is 2. The van der Waals surface area contributed by atoms with Crippen LogP contribution in [0.2, 0.25) is 0 Å². The van der Waals surface area contributed by atoms with Crippen LogP contribution in [0.1, 0.15) is 19.3 Å². The van der Waals surface area contributed by atoms with Crippen molar-refractivity contribution >= 4 is 11.6 Å². The molecule has 0 aromatic rings. The standard InChI is InChI=1S/C14H26N4O3/c1-20-13(12-9-11(10-16-12)17-21-2)14(19)15-5-8-18-6-3-4-7-18/h12-13,16H,3-10H2,1-2H3,(H,15,19)/b17-11+. The van der Waals surface area contributed by atoms with E-state index in [1.54, 1.807) is 7.11 Å². The number of oxime groups is 1. The van der Waals surface area contributed by atoms with Gasteiger partial charge in [0.2, 0.25) is 0 Å². The maximum atomic E-state index is 12.2. The first-order valence-corrected chi connectivity index (χ1v) is 7.59.